The van der Waals surface area contributed by atoms with E-state index in [1.165, 1.54) is 21.6 Å². The first-order valence-electron chi connectivity index (χ1n) is 8.55. The predicted molar refractivity (Wildman–Crippen MR) is 94.8 cm³/mol. The van der Waals surface area contributed by atoms with E-state index in [-0.39, 0.29) is 35.8 Å². The van der Waals surface area contributed by atoms with Crippen LogP contribution in [0.1, 0.15) is 30.9 Å². The van der Waals surface area contributed by atoms with Crippen LogP contribution in [0.2, 0.25) is 0 Å². The molecular formula is C17H18F3N7O. The van der Waals surface area contributed by atoms with Crippen LogP contribution in [0.5, 0.6) is 0 Å². The third kappa shape index (κ3) is 3.91. The summed E-state index contributed by atoms with van der Waals surface area (Å²) in [6.45, 7) is 2.95. The summed E-state index contributed by atoms with van der Waals surface area (Å²) < 4.78 is 39.2. The lowest BCUT2D eigenvalue weighted by atomic mass is 10.00. The largest absolute Gasteiger partial charge is 0.401 e. The Bertz CT molecular complexity index is 1090. The predicted octanol–water partition coefficient (Wildman–Crippen LogP) is 2.03. The minimum absolute atomic E-state index is 0.0865. The molecule has 0 atom stereocenters. The van der Waals surface area contributed by atoms with Crippen LogP contribution in [-0.4, -0.2) is 43.6 Å². The van der Waals surface area contributed by atoms with Crippen molar-refractivity contribution in [3.8, 4) is 17.3 Å². The van der Waals surface area contributed by atoms with Gasteiger partial charge < -0.3 is 5.32 Å². The van der Waals surface area contributed by atoms with E-state index in [2.05, 4.69) is 20.5 Å². The maximum atomic E-state index is 12.8. The van der Waals surface area contributed by atoms with Gasteiger partial charge in [0.15, 0.2) is 5.65 Å². The summed E-state index contributed by atoms with van der Waals surface area (Å²) >= 11 is 0. The number of aromatic nitrogens is 5. The van der Waals surface area contributed by atoms with Crippen molar-refractivity contribution in [3.05, 3.63) is 40.1 Å². The third-order valence-electron chi connectivity index (χ3n) is 4.14. The number of alkyl halides is 3. The topological polar surface area (TPSA) is 104 Å². The van der Waals surface area contributed by atoms with Gasteiger partial charge in [0, 0.05) is 30.1 Å². The highest BCUT2D eigenvalue weighted by molar-refractivity contribution is 5.67. The number of hydrogen-bond acceptors (Lipinski definition) is 5. The number of nitriles is 1. The SMILES string of the molecule is CC(C)c1c(-c2cnn(CCNCC(F)(F)F)c2)nc2c(C#N)c[nH]n2c1=O. The Morgan fingerprint density at radius 2 is 2.14 bits per heavy atom. The molecule has 0 bridgehead atoms. The van der Waals surface area contributed by atoms with E-state index in [0.717, 1.165) is 0 Å². The molecule has 148 valence electrons. The normalized spacial score (nSPS) is 12.0. The first-order chi connectivity index (χ1) is 13.2. The van der Waals surface area contributed by atoms with E-state index < -0.39 is 12.7 Å². The number of nitrogens with zero attached hydrogens (tertiary/aromatic N) is 5. The molecule has 0 aliphatic carbocycles. The van der Waals surface area contributed by atoms with E-state index in [1.807, 2.05) is 19.9 Å². The second kappa shape index (κ2) is 7.47. The number of nitrogens with one attached hydrogen (secondary N) is 2. The Morgan fingerprint density at radius 3 is 2.79 bits per heavy atom. The fraction of sp³-hybridized carbons (Fsp3) is 0.412. The second-order valence-corrected chi connectivity index (χ2v) is 6.58. The lowest BCUT2D eigenvalue weighted by molar-refractivity contribution is -0.124. The minimum atomic E-state index is -4.27. The summed E-state index contributed by atoms with van der Waals surface area (Å²) in [4.78, 5) is 17.3. The third-order valence-corrected chi connectivity index (χ3v) is 4.14. The molecule has 3 aromatic rings. The van der Waals surface area contributed by atoms with Gasteiger partial charge in [-0.2, -0.15) is 23.5 Å². The molecule has 0 spiro atoms. The Balaban J connectivity index is 1.93. The van der Waals surface area contributed by atoms with Gasteiger partial charge in [0.2, 0.25) is 0 Å². The fourth-order valence-corrected chi connectivity index (χ4v) is 2.88. The molecule has 0 fully saturated rings. The lowest BCUT2D eigenvalue weighted by Crippen LogP contribution is -2.31. The van der Waals surface area contributed by atoms with Crippen molar-refractivity contribution in [2.24, 2.45) is 0 Å². The van der Waals surface area contributed by atoms with Crippen LogP contribution in [0, 0.1) is 11.3 Å². The Hall–Kier alpha value is -3.13. The number of hydrogen-bond donors (Lipinski definition) is 2. The summed E-state index contributed by atoms with van der Waals surface area (Å²) in [6, 6.07) is 1.98. The fourth-order valence-electron chi connectivity index (χ4n) is 2.88. The minimum Gasteiger partial charge on any atom is -0.307 e. The van der Waals surface area contributed by atoms with Crippen LogP contribution >= 0.6 is 0 Å². The molecule has 3 aromatic heterocycles. The molecule has 3 rings (SSSR count). The highest BCUT2D eigenvalue weighted by atomic mass is 19.4. The van der Waals surface area contributed by atoms with Gasteiger partial charge in [0.25, 0.3) is 5.56 Å². The highest BCUT2D eigenvalue weighted by Crippen LogP contribution is 2.25. The number of rotatable bonds is 6. The Kier molecular flexibility index (Phi) is 5.24. The van der Waals surface area contributed by atoms with Crippen molar-refractivity contribution in [1.29, 1.82) is 5.26 Å². The molecule has 11 heteroatoms. The summed E-state index contributed by atoms with van der Waals surface area (Å²) in [6.07, 6.45) is 0.274. The van der Waals surface area contributed by atoms with Crippen molar-refractivity contribution in [3.63, 3.8) is 0 Å². The average Bonchev–Trinajstić information content (AvgIpc) is 3.24. The molecule has 8 nitrogen and oxygen atoms in total. The molecule has 0 aliphatic rings. The van der Waals surface area contributed by atoms with Gasteiger partial charge in [-0.1, -0.05) is 13.8 Å². The van der Waals surface area contributed by atoms with E-state index >= 15 is 0 Å². The van der Waals surface area contributed by atoms with Crippen LogP contribution < -0.4 is 10.9 Å². The lowest BCUT2D eigenvalue weighted by Gasteiger charge is -2.10. The first-order valence-corrected chi connectivity index (χ1v) is 8.55. The van der Waals surface area contributed by atoms with Gasteiger partial charge in [-0.25, -0.2) is 9.50 Å². The zero-order chi connectivity index (χ0) is 20.5. The summed E-state index contributed by atoms with van der Waals surface area (Å²) in [5, 5.41) is 18.4. The van der Waals surface area contributed by atoms with Crippen molar-refractivity contribution in [2.75, 3.05) is 13.1 Å². The van der Waals surface area contributed by atoms with Gasteiger partial charge in [0.1, 0.15) is 11.6 Å². The van der Waals surface area contributed by atoms with Crippen molar-refractivity contribution in [1.82, 2.24) is 29.7 Å². The van der Waals surface area contributed by atoms with Crippen LogP contribution in [0.25, 0.3) is 16.9 Å². The molecule has 0 radical (unpaired) electrons. The molecule has 2 N–H and O–H groups in total. The van der Waals surface area contributed by atoms with Crippen LogP contribution in [0.4, 0.5) is 13.2 Å². The monoisotopic (exact) mass is 393 g/mol. The first kappa shape index (κ1) is 19.6. The van der Waals surface area contributed by atoms with E-state index in [4.69, 9.17) is 0 Å². The van der Waals surface area contributed by atoms with Crippen molar-refractivity contribution < 1.29 is 13.2 Å². The molecule has 0 unspecified atom stereocenters. The molecule has 0 aromatic carbocycles. The van der Waals surface area contributed by atoms with E-state index in [0.29, 0.717) is 16.8 Å². The highest BCUT2D eigenvalue weighted by Gasteiger charge is 2.26. The van der Waals surface area contributed by atoms with Gasteiger partial charge in [-0.05, 0) is 5.92 Å². The van der Waals surface area contributed by atoms with Gasteiger partial charge >= 0.3 is 6.18 Å². The van der Waals surface area contributed by atoms with E-state index in [1.54, 1.807) is 6.20 Å². The molecule has 28 heavy (non-hydrogen) atoms. The summed E-state index contributed by atoms with van der Waals surface area (Å²) in [7, 11) is 0. The van der Waals surface area contributed by atoms with Crippen LogP contribution in [0.15, 0.2) is 23.4 Å². The second-order valence-electron chi connectivity index (χ2n) is 6.58. The van der Waals surface area contributed by atoms with Gasteiger partial charge in [-0.3, -0.25) is 14.6 Å². The Labute approximate surface area is 157 Å². The molecule has 0 aliphatic heterocycles. The zero-order valence-corrected chi connectivity index (χ0v) is 15.2. The maximum Gasteiger partial charge on any atom is 0.401 e. The standard InChI is InChI=1S/C17H18F3N7O/c1-10(2)13-14(25-15-11(5-21)6-24-27(15)16(13)28)12-7-23-26(8-12)4-3-22-9-17(18,19)20/h6-8,10,22,24H,3-4,9H2,1-2H3. The number of halogens is 3. The molecule has 0 amide bonds. The Morgan fingerprint density at radius 1 is 1.39 bits per heavy atom. The van der Waals surface area contributed by atoms with Gasteiger partial charge in [0.05, 0.1) is 25.0 Å². The number of H-pyrrole nitrogens is 1. The molecule has 0 saturated heterocycles. The van der Waals surface area contributed by atoms with Gasteiger partial charge in [-0.15, -0.1) is 0 Å². The average molecular weight is 393 g/mol. The smallest absolute Gasteiger partial charge is 0.307 e. The molecule has 0 saturated carbocycles. The number of fused-ring (bicyclic) bond motifs is 1. The van der Waals surface area contributed by atoms with Crippen molar-refractivity contribution in [2.45, 2.75) is 32.5 Å². The quantitative estimate of drug-likeness (QED) is 0.624. The maximum absolute atomic E-state index is 12.8. The molecular weight excluding hydrogens is 375 g/mol. The zero-order valence-electron chi connectivity index (χ0n) is 15.2. The van der Waals surface area contributed by atoms with Crippen molar-refractivity contribution >= 4 is 5.65 Å². The van der Waals surface area contributed by atoms with Crippen LogP contribution in [-0.2, 0) is 6.54 Å². The summed E-state index contributed by atoms with van der Waals surface area (Å²) in [5.41, 5.74) is 1.56. The van der Waals surface area contributed by atoms with Crippen LogP contribution in [0.3, 0.4) is 0 Å². The van der Waals surface area contributed by atoms with E-state index in [9.17, 15) is 23.2 Å². The summed E-state index contributed by atoms with van der Waals surface area (Å²) in [5.74, 6) is -0.141. The number of aromatic amines is 1. The molecule has 3 heterocycles.